The maximum Gasteiger partial charge on any atom is 0.282 e. The van der Waals surface area contributed by atoms with Gasteiger partial charge in [-0.15, -0.1) is 0 Å². The second kappa shape index (κ2) is 8.96. The largest absolute Gasteiger partial charge is 0.364 e. The molecule has 4 rings (SSSR count). The Morgan fingerprint density at radius 2 is 1.59 bits per heavy atom. The molecule has 7 nitrogen and oxygen atoms in total. The number of benzene rings is 2. The summed E-state index contributed by atoms with van der Waals surface area (Å²) >= 11 is 0. The monoisotopic (exact) mass is 432 g/mol. The highest BCUT2D eigenvalue weighted by Gasteiger charge is 2.43. The number of para-hydroxylation sites is 1. The van der Waals surface area contributed by atoms with Crippen LogP contribution in [0, 0.1) is 6.92 Å². The van der Waals surface area contributed by atoms with E-state index in [1.807, 2.05) is 30.0 Å². The van der Waals surface area contributed by atoms with Gasteiger partial charge >= 0.3 is 0 Å². The smallest absolute Gasteiger partial charge is 0.282 e. The Labute approximate surface area is 188 Å². The third kappa shape index (κ3) is 4.03. The van der Waals surface area contributed by atoms with E-state index in [-0.39, 0.29) is 17.7 Å². The van der Waals surface area contributed by atoms with Crippen LogP contribution in [0.25, 0.3) is 5.57 Å². The number of amides is 3. The Balaban J connectivity index is 1.76. The van der Waals surface area contributed by atoms with Crippen molar-refractivity contribution in [2.45, 2.75) is 20.8 Å². The molecule has 2 aliphatic heterocycles. The third-order valence-electron chi connectivity index (χ3n) is 6.05. The molecule has 3 amide bonds. The van der Waals surface area contributed by atoms with Gasteiger partial charge < -0.3 is 15.1 Å². The molecule has 2 aliphatic rings. The number of rotatable bonds is 5. The van der Waals surface area contributed by atoms with Gasteiger partial charge in [-0.05, 0) is 42.8 Å². The van der Waals surface area contributed by atoms with Gasteiger partial charge in [0.25, 0.3) is 11.8 Å². The fourth-order valence-corrected chi connectivity index (χ4v) is 4.32. The molecular formula is C25H28N4O3. The predicted molar refractivity (Wildman–Crippen MR) is 125 cm³/mol. The van der Waals surface area contributed by atoms with Crippen molar-refractivity contribution in [3.8, 4) is 0 Å². The summed E-state index contributed by atoms with van der Waals surface area (Å²) in [6.45, 7) is 9.52. The molecule has 2 aromatic carbocycles. The molecule has 0 aromatic heterocycles. The van der Waals surface area contributed by atoms with E-state index in [0.717, 1.165) is 25.2 Å². The molecule has 0 spiro atoms. The number of likely N-dealkylation sites (N-methyl/N-ethyl adjacent to an activating group) is 1. The van der Waals surface area contributed by atoms with Crippen LogP contribution in [0.5, 0.6) is 0 Å². The number of nitrogens with zero attached hydrogens (tertiary/aromatic N) is 3. The first-order valence-electron chi connectivity index (χ1n) is 10.9. The number of anilines is 2. The minimum absolute atomic E-state index is 0.163. The number of carbonyl (C=O) groups excluding carboxylic acids is 3. The van der Waals surface area contributed by atoms with Crippen molar-refractivity contribution in [3.63, 3.8) is 0 Å². The van der Waals surface area contributed by atoms with E-state index in [4.69, 9.17) is 0 Å². The van der Waals surface area contributed by atoms with Crippen molar-refractivity contribution in [1.29, 1.82) is 0 Å². The van der Waals surface area contributed by atoms with E-state index in [0.29, 0.717) is 41.3 Å². The third-order valence-corrected chi connectivity index (χ3v) is 6.05. The molecule has 0 radical (unpaired) electrons. The first kappa shape index (κ1) is 21.8. The van der Waals surface area contributed by atoms with Crippen molar-refractivity contribution in [2.75, 3.05) is 42.9 Å². The van der Waals surface area contributed by atoms with Crippen LogP contribution in [-0.2, 0) is 14.4 Å². The number of piperazine rings is 1. The summed E-state index contributed by atoms with van der Waals surface area (Å²) in [4.78, 5) is 44.3. The molecule has 1 N–H and O–H groups in total. The van der Waals surface area contributed by atoms with Gasteiger partial charge in [0.05, 0.1) is 11.3 Å². The maximum absolute atomic E-state index is 13.7. The van der Waals surface area contributed by atoms with Crippen LogP contribution in [0.1, 0.15) is 25.0 Å². The topological polar surface area (TPSA) is 73.0 Å². The summed E-state index contributed by atoms with van der Waals surface area (Å²) in [5.41, 5.74) is 3.66. The van der Waals surface area contributed by atoms with Crippen LogP contribution in [0.4, 0.5) is 11.4 Å². The van der Waals surface area contributed by atoms with Gasteiger partial charge in [0.1, 0.15) is 5.70 Å². The van der Waals surface area contributed by atoms with Crippen molar-refractivity contribution < 1.29 is 14.4 Å². The lowest BCUT2D eigenvalue weighted by Gasteiger charge is -2.36. The summed E-state index contributed by atoms with van der Waals surface area (Å²) in [6.07, 6.45) is 0. The van der Waals surface area contributed by atoms with Gasteiger partial charge in [-0.2, -0.15) is 0 Å². The fourth-order valence-electron chi connectivity index (χ4n) is 4.32. The predicted octanol–water partition coefficient (Wildman–Crippen LogP) is 2.88. The summed E-state index contributed by atoms with van der Waals surface area (Å²) in [7, 11) is 0. The molecule has 7 heteroatoms. The quantitative estimate of drug-likeness (QED) is 0.736. The minimum atomic E-state index is -0.315. The van der Waals surface area contributed by atoms with Crippen molar-refractivity contribution in [1.82, 2.24) is 9.80 Å². The van der Waals surface area contributed by atoms with Gasteiger partial charge in [0.15, 0.2) is 0 Å². The summed E-state index contributed by atoms with van der Waals surface area (Å²) in [6, 6.07) is 14.5. The van der Waals surface area contributed by atoms with E-state index in [1.165, 1.54) is 11.8 Å². The Morgan fingerprint density at radius 1 is 0.938 bits per heavy atom. The van der Waals surface area contributed by atoms with Crippen LogP contribution < -0.4 is 10.2 Å². The van der Waals surface area contributed by atoms with E-state index in [1.54, 1.807) is 30.3 Å². The van der Waals surface area contributed by atoms with E-state index in [2.05, 4.69) is 17.1 Å². The van der Waals surface area contributed by atoms with E-state index >= 15 is 0 Å². The summed E-state index contributed by atoms with van der Waals surface area (Å²) in [5, 5.41) is 2.74. The molecule has 0 aliphatic carbocycles. The summed E-state index contributed by atoms with van der Waals surface area (Å²) < 4.78 is 0. The number of carbonyl (C=O) groups is 3. The number of hydrogen-bond acceptors (Lipinski definition) is 5. The van der Waals surface area contributed by atoms with Crippen LogP contribution in [-0.4, -0.2) is 60.2 Å². The van der Waals surface area contributed by atoms with Gasteiger partial charge in [0, 0.05) is 38.8 Å². The number of hydrogen-bond donors (Lipinski definition) is 1. The standard InChI is InChI=1S/C25H28N4O3/c1-4-27-13-15-28(16-14-27)23-22(19-9-11-20(12-10-19)26-18(3)30)24(31)29(25(23)32)21-8-6-5-7-17(21)2/h5-12H,4,13-16H2,1-3H3,(H,26,30). The Bertz CT molecular complexity index is 1080. The molecule has 166 valence electrons. The molecular weight excluding hydrogens is 404 g/mol. The normalized spacial score (nSPS) is 17.3. The fraction of sp³-hybridized carbons (Fsp3) is 0.320. The number of nitrogens with one attached hydrogen (secondary N) is 1. The van der Waals surface area contributed by atoms with E-state index in [9.17, 15) is 14.4 Å². The lowest BCUT2D eigenvalue weighted by atomic mass is 10.0. The molecule has 1 fully saturated rings. The summed E-state index contributed by atoms with van der Waals surface area (Å²) in [5.74, 6) is -0.760. The average molecular weight is 433 g/mol. The second-order valence-corrected chi connectivity index (χ2v) is 8.14. The molecule has 1 saturated heterocycles. The van der Waals surface area contributed by atoms with Gasteiger partial charge in [-0.25, -0.2) is 4.90 Å². The first-order chi connectivity index (χ1) is 15.4. The zero-order valence-electron chi connectivity index (χ0n) is 18.7. The number of imide groups is 1. The maximum atomic E-state index is 13.7. The molecule has 0 saturated carbocycles. The highest BCUT2D eigenvalue weighted by molar-refractivity contribution is 6.45. The SMILES string of the molecule is CCN1CCN(C2=C(c3ccc(NC(C)=O)cc3)C(=O)N(c3ccccc3C)C2=O)CC1. The molecule has 0 unspecified atom stereocenters. The minimum Gasteiger partial charge on any atom is -0.364 e. The highest BCUT2D eigenvalue weighted by Crippen LogP contribution is 2.36. The molecule has 2 heterocycles. The van der Waals surface area contributed by atoms with Crippen molar-refractivity contribution in [3.05, 3.63) is 65.4 Å². The lowest BCUT2D eigenvalue weighted by Crippen LogP contribution is -2.47. The van der Waals surface area contributed by atoms with Crippen molar-refractivity contribution >= 4 is 34.7 Å². The molecule has 0 atom stereocenters. The second-order valence-electron chi connectivity index (χ2n) is 8.14. The van der Waals surface area contributed by atoms with Gasteiger partial charge in [0.2, 0.25) is 5.91 Å². The lowest BCUT2D eigenvalue weighted by molar-refractivity contribution is -0.121. The van der Waals surface area contributed by atoms with Crippen LogP contribution in [0.3, 0.4) is 0 Å². The zero-order valence-corrected chi connectivity index (χ0v) is 18.7. The molecule has 0 bridgehead atoms. The Morgan fingerprint density at radius 3 is 2.19 bits per heavy atom. The van der Waals surface area contributed by atoms with E-state index < -0.39 is 0 Å². The van der Waals surface area contributed by atoms with Gasteiger partial charge in [-0.3, -0.25) is 14.4 Å². The Kier molecular flexibility index (Phi) is 6.10. The Hall–Kier alpha value is -3.45. The van der Waals surface area contributed by atoms with Crippen molar-refractivity contribution in [2.24, 2.45) is 0 Å². The molecule has 2 aromatic rings. The molecule has 32 heavy (non-hydrogen) atoms. The van der Waals surface area contributed by atoms with Gasteiger partial charge in [-0.1, -0.05) is 37.3 Å². The highest BCUT2D eigenvalue weighted by atomic mass is 16.2. The first-order valence-corrected chi connectivity index (χ1v) is 10.9. The zero-order chi connectivity index (χ0) is 22.8. The van der Waals surface area contributed by atoms with Crippen LogP contribution >= 0.6 is 0 Å². The van der Waals surface area contributed by atoms with Crippen LogP contribution in [0.2, 0.25) is 0 Å². The van der Waals surface area contributed by atoms with Crippen LogP contribution in [0.15, 0.2) is 54.2 Å². The number of aryl methyl sites for hydroxylation is 1. The average Bonchev–Trinajstić information content (AvgIpc) is 3.04.